The second kappa shape index (κ2) is 12.2. The van der Waals surface area contributed by atoms with Crippen molar-refractivity contribution in [2.45, 2.75) is 50.5 Å². The van der Waals surface area contributed by atoms with E-state index >= 15 is 0 Å². The van der Waals surface area contributed by atoms with E-state index in [0.29, 0.717) is 45.6 Å². The Kier molecular flexibility index (Phi) is 9.07. The number of piperidine rings is 2. The van der Waals surface area contributed by atoms with E-state index in [0.717, 1.165) is 30.7 Å². The first-order chi connectivity index (χ1) is 19.2. The van der Waals surface area contributed by atoms with E-state index in [1.54, 1.807) is 29.0 Å². The molecule has 0 spiro atoms. The van der Waals surface area contributed by atoms with Gasteiger partial charge in [-0.25, -0.2) is 4.79 Å². The molecule has 226 valence electrons. The fourth-order valence-electron chi connectivity index (χ4n) is 5.63. The highest BCUT2D eigenvalue weighted by Crippen LogP contribution is 2.38. The lowest BCUT2D eigenvalue weighted by molar-refractivity contribution is -0.388. The van der Waals surface area contributed by atoms with Gasteiger partial charge in [-0.3, -0.25) is 10.1 Å². The van der Waals surface area contributed by atoms with Crippen molar-refractivity contribution in [3.63, 3.8) is 0 Å². The number of benzene rings is 1. The molecule has 1 N–H and O–H groups in total. The van der Waals surface area contributed by atoms with Gasteiger partial charge in [0, 0.05) is 63.3 Å². The molecule has 1 aromatic carbocycles. The molecule has 1 unspecified atom stereocenters. The second-order valence-corrected chi connectivity index (χ2v) is 10.9. The number of likely N-dealkylation sites (tertiary alicyclic amines) is 2. The number of nitro groups is 1. The number of alkyl halides is 6. The largest absolute Gasteiger partial charge is 0.423 e. The van der Waals surface area contributed by atoms with Crippen LogP contribution in [0.4, 0.5) is 42.5 Å². The molecule has 4 rings (SSSR count). The van der Waals surface area contributed by atoms with Gasteiger partial charge in [-0.1, -0.05) is 12.2 Å². The van der Waals surface area contributed by atoms with E-state index < -0.39 is 34.4 Å². The maximum atomic E-state index is 13.3. The van der Waals surface area contributed by atoms with Crippen molar-refractivity contribution < 1.29 is 36.1 Å². The molecule has 2 amide bonds. The number of nitro benzene ring substituents is 1. The predicted octanol–water partition coefficient (Wildman–Crippen LogP) is 6.28. The first-order valence-electron chi connectivity index (χ1n) is 13.5. The van der Waals surface area contributed by atoms with Crippen LogP contribution in [0.1, 0.15) is 37.7 Å². The predicted molar refractivity (Wildman–Crippen MR) is 140 cm³/mol. The maximum Gasteiger partial charge on any atom is 0.423 e. The molecule has 3 aliphatic rings. The Balaban J connectivity index is 1.21. The molecule has 14 heteroatoms. The summed E-state index contributed by atoms with van der Waals surface area (Å²) in [5, 5.41) is 14.0. The number of hydrogen-bond acceptors (Lipinski definition) is 5. The van der Waals surface area contributed by atoms with Crippen molar-refractivity contribution in [1.29, 1.82) is 0 Å². The molecule has 0 radical (unpaired) electrons. The average molecular weight is 590 g/mol. The number of nitrogens with zero attached hydrogens (tertiary/aromatic N) is 4. The number of amides is 2. The molecule has 2 fully saturated rings. The number of carbonyl (C=O) groups is 1. The van der Waals surface area contributed by atoms with Crippen LogP contribution in [0.3, 0.4) is 0 Å². The Labute approximate surface area is 233 Å². The Bertz CT molecular complexity index is 1170. The molecule has 0 aromatic heterocycles. The van der Waals surface area contributed by atoms with Crippen LogP contribution in [-0.2, 0) is 6.18 Å². The third kappa shape index (κ3) is 7.64. The second-order valence-electron chi connectivity index (χ2n) is 10.9. The summed E-state index contributed by atoms with van der Waals surface area (Å²) in [6.07, 6.45) is -2.10. The summed E-state index contributed by atoms with van der Waals surface area (Å²) in [5.74, 6) is -1.17. The van der Waals surface area contributed by atoms with E-state index in [-0.39, 0.29) is 30.1 Å². The lowest BCUT2D eigenvalue weighted by Crippen LogP contribution is -2.49. The zero-order valence-corrected chi connectivity index (χ0v) is 22.5. The number of urea groups is 1. The van der Waals surface area contributed by atoms with Crippen LogP contribution in [0.5, 0.6) is 0 Å². The van der Waals surface area contributed by atoms with Crippen LogP contribution in [0.15, 0.2) is 42.1 Å². The van der Waals surface area contributed by atoms with E-state index in [9.17, 15) is 41.3 Å². The molecule has 0 bridgehead atoms. The number of allylic oxidation sites excluding steroid dienone is 3. The lowest BCUT2D eigenvalue weighted by Gasteiger charge is -2.39. The molecule has 2 heterocycles. The molecule has 2 saturated heterocycles. The normalized spacial score (nSPS) is 21.0. The number of rotatable bonds is 6. The van der Waals surface area contributed by atoms with Crippen LogP contribution in [-0.4, -0.2) is 77.6 Å². The number of anilines is 1. The molecule has 1 aromatic rings. The van der Waals surface area contributed by atoms with E-state index in [1.165, 1.54) is 12.1 Å². The van der Waals surface area contributed by atoms with Crippen molar-refractivity contribution in [2.24, 2.45) is 11.8 Å². The van der Waals surface area contributed by atoms with Gasteiger partial charge in [0.25, 0.3) is 5.69 Å². The van der Waals surface area contributed by atoms with Crippen LogP contribution in [0, 0.1) is 22.0 Å². The van der Waals surface area contributed by atoms with Crippen molar-refractivity contribution in [1.82, 2.24) is 14.7 Å². The van der Waals surface area contributed by atoms with Gasteiger partial charge in [0.05, 0.1) is 10.8 Å². The standard InChI is InChI=1S/C27H33F6N5O3/c1-35(17-18-8-12-36(13-9-18)22-5-2-19(3-6-22)26(28,29)30)25(39)37-14-10-20(11-15-37)34-21-4-7-24(38(40)41)23(16-21)27(31,32)33/h2,4-7,16,18-20,34H,3,8-15,17H2,1H3. The van der Waals surface area contributed by atoms with E-state index in [2.05, 4.69) is 10.2 Å². The third-order valence-electron chi connectivity index (χ3n) is 7.97. The number of hydrogen-bond donors (Lipinski definition) is 1. The fourth-order valence-corrected chi connectivity index (χ4v) is 5.63. The summed E-state index contributed by atoms with van der Waals surface area (Å²) in [6.45, 7) is 2.79. The van der Waals surface area contributed by atoms with Crippen LogP contribution in [0.25, 0.3) is 0 Å². The van der Waals surface area contributed by atoms with Crippen LogP contribution < -0.4 is 5.32 Å². The summed E-state index contributed by atoms with van der Waals surface area (Å²) < 4.78 is 78.5. The minimum Gasteiger partial charge on any atom is -0.382 e. The number of halogens is 6. The lowest BCUT2D eigenvalue weighted by atomic mass is 9.94. The minimum atomic E-state index is -4.86. The van der Waals surface area contributed by atoms with Gasteiger partial charge in [0.1, 0.15) is 5.56 Å². The summed E-state index contributed by atoms with van der Waals surface area (Å²) >= 11 is 0. The summed E-state index contributed by atoms with van der Waals surface area (Å²) in [7, 11) is 1.73. The fraction of sp³-hybridized carbons (Fsp3) is 0.593. The molecular weight excluding hydrogens is 556 g/mol. The quantitative estimate of drug-likeness (QED) is 0.240. The van der Waals surface area contributed by atoms with Crippen molar-refractivity contribution in [2.75, 3.05) is 45.1 Å². The minimum absolute atomic E-state index is 0.0544. The van der Waals surface area contributed by atoms with Crippen molar-refractivity contribution in [3.05, 3.63) is 57.8 Å². The van der Waals surface area contributed by atoms with Gasteiger partial charge >= 0.3 is 18.4 Å². The highest BCUT2D eigenvalue weighted by Gasteiger charge is 2.39. The first-order valence-corrected chi connectivity index (χ1v) is 13.5. The molecular formula is C27H33F6N5O3. The molecule has 41 heavy (non-hydrogen) atoms. The highest BCUT2D eigenvalue weighted by atomic mass is 19.4. The Morgan fingerprint density at radius 1 is 1.07 bits per heavy atom. The molecule has 0 saturated carbocycles. The number of carbonyl (C=O) groups excluding carboxylic acids is 1. The zero-order valence-electron chi connectivity index (χ0n) is 22.5. The van der Waals surface area contributed by atoms with Crippen LogP contribution in [0.2, 0.25) is 0 Å². The average Bonchev–Trinajstić information content (AvgIpc) is 2.92. The third-order valence-corrected chi connectivity index (χ3v) is 7.97. The highest BCUT2D eigenvalue weighted by molar-refractivity contribution is 5.74. The van der Waals surface area contributed by atoms with Gasteiger partial charge < -0.3 is 20.0 Å². The molecule has 2 aliphatic heterocycles. The smallest absolute Gasteiger partial charge is 0.382 e. The van der Waals surface area contributed by atoms with Gasteiger partial charge in [-0.2, -0.15) is 26.3 Å². The summed E-state index contributed by atoms with van der Waals surface area (Å²) in [5.41, 5.74) is -1.36. The van der Waals surface area contributed by atoms with Gasteiger partial charge in [0.15, 0.2) is 0 Å². The zero-order chi connectivity index (χ0) is 29.9. The van der Waals surface area contributed by atoms with E-state index in [4.69, 9.17) is 0 Å². The molecule has 1 atom stereocenters. The van der Waals surface area contributed by atoms with Gasteiger partial charge in [-0.15, -0.1) is 0 Å². The van der Waals surface area contributed by atoms with Crippen molar-refractivity contribution in [3.8, 4) is 0 Å². The molecule has 1 aliphatic carbocycles. The monoisotopic (exact) mass is 589 g/mol. The van der Waals surface area contributed by atoms with Crippen molar-refractivity contribution >= 4 is 17.4 Å². The Morgan fingerprint density at radius 3 is 2.27 bits per heavy atom. The van der Waals surface area contributed by atoms with E-state index in [1.807, 2.05) is 0 Å². The first kappa shape index (κ1) is 30.5. The SMILES string of the molecule is CN(CC1CCN(C2=CCC(C(F)(F)F)C=C2)CC1)C(=O)N1CCC(Nc2ccc([N+](=O)[O-])c(C(F)(F)F)c2)CC1. The summed E-state index contributed by atoms with van der Waals surface area (Å²) in [4.78, 5) is 28.4. The van der Waals surface area contributed by atoms with Gasteiger partial charge in [-0.05, 0) is 56.2 Å². The van der Waals surface area contributed by atoms with Gasteiger partial charge in [0.2, 0.25) is 0 Å². The Hall–Kier alpha value is -3.45. The Morgan fingerprint density at radius 2 is 1.73 bits per heavy atom. The summed E-state index contributed by atoms with van der Waals surface area (Å²) in [6, 6.07) is 2.52. The number of nitrogens with one attached hydrogen (secondary N) is 1. The maximum absolute atomic E-state index is 13.3. The topological polar surface area (TPSA) is 82.0 Å². The molecule has 8 nitrogen and oxygen atoms in total. The van der Waals surface area contributed by atoms with Crippen LogP contribution >= 0.6 is 0 Å².